The number of anilines is 2. The van der Waals surface area contributed by atoms with Gasteiger partial charge in [-0.05, 0) is 97.0 Å². The maximum absolute atomic E-state index is 13.3. The minimum Gasteiger partial charge on any atom is -0.508 e. The normalized spacial score (nSPS) is 26.3. The van der Waals surface area contributed by atoms with Crippen molar-refractivity contribution in [1.29, 1.82) is 0 Å². The largest absolute Gasteiger partial charge is 0.508 e. The Bertz CT molecular complexity index is 1890. The molecule has 52 heavy (non-hydrogen) atoms. The molecule has 272 valence electrons. The molecular formula is C42H49N5O5. The number of nitrogens with zero attached hydrogens (tertiary/aromatic N) is 4. The van der Waals surface area contributed by atoms with Gasteiger partial charge < -0.3 is 24.5 Å². The first-order chi connectivity index (χ1) is 25.3. The molecule has 3 aromatic rings. The number of imide groups is 1. The molecular weight excluding hydrogens is 654 g/mol. The lowest BCUT2D eigenvalue weighted by Gasteiger charge is -2.47. The van der Waals surface area contributed by atoms with Crippen molar-refractivity contribution in [2.45, 2.75) is 76.4 Å². The van der Waals surface area contributed by atoms with Crippen LogP contribution in [0.15, 0.2) is 54.6 Å². The second kappa shape index (κ2) is 13.4. The van der Waals surface area contributed by atoms with E-state index >= 15 is 0 Å². The van der Waals surface area contributed by atoms with Crippen molar-refractivity contribution in [3.8, 4) is 11.5 Å². The second-order valence-corrected chi connectivity index (χ2v) is 15.8. The summed E-state index contributed by atoms with van der Waals surface area (Å²) in [6.07, 6.45) is 6.35. The first kappa shape index (κ1) is 33.3. The molecule has 0 spiro atoms. The lowest BCUT2D eigenvalue weighted by atomic mass is 9.71. The number of amides is 3. The fourth-order valence-corrected chi connectivity index (χ4v) is 10.1. The van der Waals surface area contributed by atoms with Crippen LogP contribution >= 0.6 is 0 Å². The summed E-state index contributed by atoms with van der Waals surface area (Å²) in [5, 5.41) is 12.5. The van der Waals surface area contributed by atoms with Gasteiger partial charge in [-0.1, -0.05) is 31.5 Å². The molecule has 5 aliphatic heterocycles. The van der Waals surface area contributed by atoms with Crippen molar-refractivity contribution >= 4 is 29.1 Å². The minimum atomic E-state index is -0.628. The quantitative estimate of drug-likeness (QED) is 0.344. The number of piperidine rings is 2. The van der Waals surface area contributed by atoms with Crippen LogP contribution in [0.5, 0.6) is 11.5 Å². The number of carbonyl (C=O) groups is 3. The summed E-state index contributed by atoms with van der Waals surface area (Å²) in [5.74, 6) is 2.00. The van der Waals surface area contributed by atoms with E-state index in [1.54, 1.807) is 4.90 Å². The molecule has 0 radical (unpaired) electrons. The highest BCUT2D eigenvalue weighted by Crippen LogP contribution is 2.45. The van der Waals surface area contributed by atoms with Gasteiger partial charge in [0.25, 0.3) is 5.91 Å². The molecule has 5 heterocycles. The smallest absolute Gasteiger partial charge is 0.255 e. The molecule has 1 aliphatic carbocycles. The Morgan fingerprint density at radius 3 is 2.50 bits per heavy atom. The number of phenols is 1. The van der Waals surface area contributed by atoms with Crippen LogP contribution in [0.25, 0.3) is 0 Å². The van der Waals surface area contributed by atoms with E-state index in [1.165, 1.54) is 41.6 Å². The molecule has 6 aliphatic rings. The summed E-state index contributed by atoms with van der Waals surface area (Å²) in [7, 11) is 0. The van der Waals surface area contributed by atoms with E-state index in [0.717, 1.165) is 69.1 Å². The molecule has 10 nitrogen and oxygen atoms in total. The predicted octanol–water partition coefficient (Wildman–Crippen LogP) is 5.06. The fraction of sp³-hybridized carbons (Fsp3) is 0.500. The van der Waals surface area contributed by atoms with Gasteiger partial charge in [0, 0.05) is 68.4 Å². The maximum Gasteiger partial charge on any atom is 0.255 e. The molecule has 10 heteroatoms. The number of aromatic hydroxyl groups is 1. The summed E-state index contributed by atoms with van der Waals surface area (Å²) in [4.78, 5) is 46.8. The standard InChI is InChI=1S/C42H49N5O5/c1-2-27-3-4-29-21-32(48)9-10-33(29)39(27)28-5-7-30(8-6-28)45-17-15-26(16-18-45)22-44-19-20-46-31(23-44)25-52-40-35-24-47(37-13-14-38(49)43-41(37)50)42(51)34(35)11-12-36(40)46/h5-12,21,26-27,31,37,39,48H,2-4,13-20,22-25H2,1H3,(H,43,49,50)/t27-,31-,37-,39+/m0/s1. The molecule has 4 atom stereocenters. The van der Waals surface area contributed by atoms with Gasteiger partial charge >= 0.3 is 0 Å². The highest BCUT2D eigenvalue weighted by Gasteiger charge is 2.43. The number of hydrogen-bond acceptors (Lipinski definition) is 8. The van der Waals surface area contributed by atoms with E-state index in [0.29, 0.717) is 48.6 Å². The van der Waals surface area contributed by atoms with Gasteiger partial charge in [0.05, 0.1) is 18.3 Å². The molecule has 9 rings (SSSR count). The molecule has 3 saturated heterocycles. The Hall–Kier alpha value is -4.57. The van der Waals surface area contributed by atoms with Crippen LogP contribution in [0.3, 0.4) is 0 Å². The Kier molecular flexibility index (Phi) is 8.60. The summed E-state index contributed by atoms with van der Waals surface area (Å²) in [6, 6.07) is 18.9. The van der Waals surface area contributed by atoms with E-state index < -0.39 is 11.9 Å². The summed E-state index contributed by atoms with van der Waals surface area (Å²) >= 11 is 0. The zero-order valence-electron chi connectivity index (χ0n) is 30.1. The number of carbonyl (C=O) groups excluding carboxylic acids is 3. The van der Waals surface area contributed by atoms with Crippen molar-refractivity contribution in [1.82, 2.24) is 15.1 Å². The highest BCUT2D eigenvalue weighted by atomic mass is 16.5. The Labute approximate surface area is 305 Å². The Balaban J connectivity index is 0.797. The van der Waals surface area contributed by atoms with Gasteiger partial charge in [0.15, 0.2) is 0 Å². The fourth-order valence-electron chi connectivity index (χ4n) is 10.1. The summed E-state index contributed by atoms with van der Waals surface area (Å²) < 4.78 is 6.43. The van der Waals surface area contributed by atoms with Crippen LogP contribution in [-0.4, -0.2) is 90.6 Å². The van der Waals surface area contributed by atoms with Crippen LogP contribution in [0, 0.1) is 11.8 Å². The molecule has 2 N–H and O–H groups in total. The van der Waals surface area contributed by atoms with E-state index in [2.05, 4.69) is 57.3 Å². The van der Waals surface area contributed by atoms with Crippen LogP contribution < -0.4 is 19.9 Å². The van der Waals surface area contributed by atoms with Crippen molar-refractivity contribution < 1.29 is 24.2 Å². The molecule has 0 unspecified atom stereocenters. The number of piperazine rings is 1. The highest BCUT2D eigenvalue weighted by molar-refractivity contribution is 6.06. The number of rotatable bonds is 6. The van der Waals surface area contributed by atoms with Crippen LogP contribution in [0.2, 0.25) is 0 Å². The molecule has 3 aromatic carbocycles. The first-order valence-corrected chi connectivity index (χ1v) is 19.4. The second-order valence-electron chi connectivity index (χ2n) is 15.8. The summed E-state index contributed by atoms with van der Waals surface area (Å²) in [6.45, 7) is 9.35. The zero-order valence-corrected chi connectivity index (χ0v) is 30.1. The number of hydrogen-bond donors (Lipinski definition) is 2. The maximum atomic E-state index is 13.3. The van der Waals surface area contributed by atoms with Crippen molar-refractivity contribution in [2.24, 2.45) is 11.8 Å². The number of benzene rings is 3. The third-order valence-electron chi connectivity index (χ3n) is 12.9. The number of ether oxygens (including phenoxy) is 1. The summed E-state index contributed by atoms with van der Waals surface area (Å²) in [5.41, 5.74) is 7.89. The van der Waals surface area contributed by atoms with Gasteiger partial charge in [-0.3, -0.25) is 24.6 Å². The van der Waals surface area contributed by atoms with Gasteiger partial charge in [-0.2, -0.15) is 0 Å². The van der Waals surface area contributed by atoms with Crippen LogP contribution in [0.1, 0.15) is 84.0 Å². The third kappa shape index (κ3) is 5.89. The molecule has 3 fully saturated rings. The van der Waals surface area contributed by atoms with E-state index in [-0.39, 0.29) is 24.3 Å². The number of aryl methyl sites for hydroxylation is 1. The minimum absolute atomic E-state index is 0.163. The van der Waals surface area contributed by atoms with Gasteiger partial charge in [0.1, 0.15) is 24.1 Å². The molecule has 0 bridgehead atoms. The van der Waals surface area contributed by atoms with Crippen molar-refractivity contribution in [3.63, 3.8) is 0 Å². The van der Waals surface area contributed by atoms with E-state index in [1.807, 2.05) is 24.3 Å². The third-order valence-corrected chi connectivity index (χ3v) is 12.9. The number of phenolic OH excluding ortho intramolecular Hbond substituents is 1. The van der Waals surface area contributed by atoms with Crippen molar-refractivity contribution in [2.75, 3.05) is 55.7 Å². The average Bonchev–Trinajstić information content (AvgIpc) is 3.50. The lowest BCUT2D eigenvalue weighted by molar-refractivity contribution is -0.136. The predicted molar refractivity (Wildman–Crippen MR) is 199 cm³/mol. The molecule has 0 saturated carbocycles. The van der Waals surface area contributed by atoms with E-state index in [4.69, 9.17) is 4.74 Å². The van der Waals surface area contributed by atoms with Gasteiger partial charge in [-0.15, -0.1) is 0 Å². The van der Waals surface area contributed by atoms with Crippen LogP contribution in [0.4, 0.5) is 11.4 Å². The molecule has 0 aromatic heterocycles. The molecule has 3 amide bonds. The SMILES string of the molecule is CC[C@H]1CCc2cc(O)ccc2[C@H]1c1ccc(N2CCC(CN3CCN4c5ccc6c(c5OC[C@@H]4C3)CN([C@H]3CCC(=O)NC3=O)C6=O)CC2)cc1. The average molecular weight is 704 g/mol. The monoisotopic (exact) mass is 703 g/mol. The Morgan fingerprint density at radius 1 is 0.885 bits per heavy atom. The van der Waals surface area contributed by atoms with E-state index in [9.17, 15) is 19.5 Å². The zero-order chi connectivity index (χ0) is 35.5. The van der Waals surface area contributed by atoms with Crippen LogP contribution in [-0.2, 0) is 22.6 Å². The lowest BCUT2D eigenvalue weighted by Crippen LogP contribution is -2.58. The van der Waals surface area contributed by atoms with Crippen molar-refractivity contribution in [3.05, 3.63) is 82.4 Å². The first-order valence-electron chi connectivity index (χ1n) is 19.4. The topological polar surface area (TPSA) is 106 Å². The number of fused-ring (bicyclic) bond motifs is 6. The number of nitrogens with one attached hydrogen (secondary N) is 1. The Morgan fingerprint density at radius 2 is 1.71 bits per heavy atom. The van der Waals surface area contributed by atoms with Gasteiger partial charge in [-0.25, -0.2) is 0 Å². The van der Waals surface area contributed by atoms with Gasteiger partial charge in [0.2, 0.25) is 11.8 Å².